The largest absolute Gasteiger partial charge is 0.480 e. The van der Waals surface area contributed by atoms with Crippen molar-refractivity contribution in [3.8, 4) is 0 Å². The van der Waals surface area contributed by atoms with Gasteiger partial charge < -0.3 is 36.4 Å². The number of hydrogen-bond acceptors (Lipinski definition) is 10. The van der Waals surface area contributed by atoms with Crippen molar-refractivity contribution < 1.29 is 28.7 Å². The van der Waals surface area contributed by atoms with Gasteiger partial charge in [-0.25, -0.2) is 9.98 Å². The van der Waals surface area contributed by atoms with Crippen LogP contribution < -0.4 is 22.1 Å². The zero-order valence-corrected chi connectivity index (χ0v) is 20.2. The highest BCUT2D eigenvalue weighted by Gasteiger charge is 2.30. The quantitative estimate of drug-likeness (QED) is 0.176. The van der Waals surface area contributed by atoms with E-state index in [2.05, 4.69) is 33.2 Å². The first-order valence-corrected chi connectivity index (χ1v) is 12.0. The van der Waals surface area contributed by atoms with Crippen LogP contribution in [0.25, 0.3) is 0 Å². The lowest BCUT2D eigenvalue weighted by molar-refractivity contribution is -0.125. The number of rotatable bonds is 11. The van der Waals surface area contributed by atoms with Crippen molar-refractivity contribution in [3.05, 3.63) is 0 Å². The molecule has 1 unspecified atom stereocenters. The Bertz CT molecular complexity index is 807. The summed E-state index contributed by atoms with van der Waals surface area (Å²) in [6.07, 6.45) is 3.05. The van der Waals surface area contributed by atoms with Crippen molar-refractivity contribution in [2.24, 2.45) is 21.5 Å². The van der Waals surface area contributed by atoms with Gasteiger partial charge in [-0.05, 0) is 39.0 Å². The van der Waals surface area contributed by atoms with Crippen molar-refractivity contribution in [3.63, 3.8) is 0 Å². The Kier molecular flexibility index (Phi) is 11.3. The maximum Gasteiger partial charge on any atom is 0.245 e. The number of amides is 3. The highest BCUT2D eigenvalue weighted by molar-refractivity contribution is 7.80. The first kappa shape index (κ1) is 27.6. The van der Waals surface area contributed by atoms with Crippen molar-refractivity contribution in [2.75, 3.05) is 19.0 Å². The molecule has 0 aromatic rings. The molecule has 0 saturated heterocycles. The predicted octanol–water partition coefficient (Wildman–Crippen LogP) is -1.15. The molecule has 2 aliphatic rings. The van der Waals surface area contributed by atoms with Crippen LogP contribution in [0.2, 0.25) is 0 Å². The fraction of sp³-hybridized carbons (Fsp3) is 0.714. The van der Waals surface area contributed by atoms with Crippen LogP contribution in [0.5, 0.6) is 0 Å². The molecule has 0 aromatic carbocycles. The molecule has 0 radical (unpaired) electrons. The molecule has 0 spiro atoms. The highest BCUT2D eigenvalue weighted by atomic mass is 32.1. The second kappa shape index (κ2) is 13.9. The number of ether oxygens (including phenoxy) is 2. The number of aldehydes is 1. The van der Waals surface area contributed by atoms with Crippen molar-refractivity contribution in [1.29, 1.82) is 0 Å². The van der Waals surface area contributed by atoms with E-state index in [-0.39, 0.29) is 42.2 Å². The van der Waals surface area contributed by atoms with Gasteiger partial charge in [-0.1, -0.05) is 0 Å². The fourth-order valence-electron chi connectivity index (χ4n) is 3.42. The van der Waals surface area contributed by atoms with Crippen molar-refractivity contribution >= 4 is 48.4 Å². The summed E-state index contributed by atoms with van der Waals surface area (Å²) in [7, 11) is 0. The van der Waals surface area contributed by atoms with Crippen LogP contribution in [0.4, 0.5) is 0 Å². The molecule has 0 saturated carbocycles. The van der Waals surface area contributed by atoms with Crippen LogP contribution in [0.3, 0.4) is 0 Å². The molecule has 0 aromatic heterocycles. The minimum Gasteiger partial charge on any atom is -0.480 e. The summed E-state index contributed by atoms with van der Waals surface area (Å²) in [6.45, 7) is 2.26. The van der Waals surface area contributed by atoms with Gasteiger partial charge in [0.25, 0.3) is 0 Å². The molecular formula is C21H34N6O6S. The van der Waals surface area contributed by atoms with Crippen LogP contribution in [-0.2, 0) is 28.7 Å². The Morgan fingerprint density at radius 3 is 2.21 bits per heavy atom. The summed E-state index contributed by atoms with van der Waals surface area (Å²) >= 11 is 4.32. The molecular weight excluding hydrogens is 464 g/mol. The fourth-order valence-corrected chi connectivity index (χ4v) is 3.67. The van der Waals surface area contributed by atoms with Gasteiger partial charge in [0.2, 0.25) is 29.5 Å². The Hall–Kier alpha value is -2.67. The highest BCUT2D eigenvalue weighted by Crippen LogP contribution is 2.15. The molecule has 2 rings (SSSR count). The average molecular weight is 499 g/mol. The minimum atomic E-state index is -0.751. The van der Waals surface area contributed by atoms with Gasteiger partial charge in [0, 0.05) is 12.2 Å². The van der Waals surface area contributed by atoms with E-state index < -0.39 is 36.1 Å². The van der Waals surface area contributed by atoms with Gasteiger partial charge in [0.1, 0.15) is 24.4 Å². The van der Waals surface area contributed by atoms with E-state index in [4.69, 9.17) is 20.9 Å². The number of primary amides is 1. The smallest absolute Gasteiger partial charge is 0.245 e. The number of thiol groups is 1. The lowest BCUT2D eigenvalue weighted by Gasteiger charge is -2.21. The monoisotopic (exact) mass is 498 g/mol. The first-order chi connectivity index (χ1) is 16.2. The van der Waals surface area contributed by atoms with Gasteiger partial charge in [-0.3, -0.25) is 14.4 Å². The van der Waals surface area contributed by atoms with Crippen LogP contribution in [0, 0.1) is 0 Å². The Balaban J connectivity index is 2.11. The number of carbonyl (C=O) groups is 4. The molecule has 13 heteroatoms. The topological polar surface area (TPSA) is 188 Å². The second-order valence-electron chi connectivity index (χ2n) is 8.24. The summed E-state index contributed by atoms with van der Waals surface area (Å²) in [6, 6.07) is -3.45. The number of nitrogens with two attached hydrogens (primary N) is 2. The average Bonchev–Trinajstić information content (AvgIpc) is 3.22. The third-order valence-corrected chi connectivity index (χ3v) is 5.67. The molecule has 0 bridgehead atoms. The summed E-state index contributed by atoms with van der Waals surface area (Å²) in [5.41, 5.74) is 11.2. The van der Waals surface area contributed by atoms with Gasteiger partial charge in [0.05, 0.1) is 25.3 Å². The lowest BCUT2D eigenvalue weighted by atomic mass is 10.1. The van der Waals surface area contributed by atoms with Crippen molar-refractivity contribution in [2.45, 2.75) is 75.7 Å². The van der Waals surface area contributed by atoms with Crippen LogP contribution in [-0.4, -0.2) is 85.0 Å². The summed E-state index contributed by atoms with van der Waals surface area (Å²) in [4.78, 5) is 56.2. The number of hydrogen-bond donors (Lipinski definition) is 5. The van der Waals surface area contributed by atoms with E-state index in [1.54, 1.807) is 6.92 Å². The molecule has 34 heavy (non-hydrogen) atoms. The number of carbonyl (C=O) groups excluding carboxylic acids is 4. The Morgan fingerprint density at radius 1 is 1.09 bits per heavy atom. The lowest BCUT2D eigenvalue weighted by Crippen LogP contribution is -2.48. The number of nitrogens with one attached hydrogen (secondary N) is 2. The summed E-state index contributed by atoms with van der Waals surface area (Å²) < 4.78 is 11.3. The SMILES string of the molecule is CC(C=O)NC(=O)[C@@H]1CCCOC([C@H](CS)NC(=O)[C@@H]2CCCOC([C@@H](N)CCC(N)=O)=N2)=N1. The Morgan fingerprint density at radius 2 is 1.65 bits per heavy atom. The van der Waals surface area contributed by atoms with E-state index in [0.717, 1.165) is 0 Å². The predicted molar refractivity (Wildman–Crippen MR) is 129 cm³/mol. The van der Waals surface area contributed by atoms with E-state index in [1.807, 2.05) is 0 Å². The van der Waals surface area contributed by atoms with E-state index in [1.165, 1.54) is 0 Å². The molecule has 6 N–H and O–H groups in total. The minimum absolute atomic E-state index is 0.0830. The molecule has 0 fully saturated rings. The maximum atomic E-state index is 13.0. The van der Waals surface area contributed by atoms with Crippen LogP contribution in [0.1, 0.15) is 45.4 Å². The third kappa shape index (κ3) is 8.60. The van der Waals surface area contributed by atoms with Gasteiger partial charge in [-0.2, -0.15) is 12.6 Å². The summed E-state index contributed by atoms with van der Waals surface area (Å²) in [5.74, 6) is -0.645. The zero-order chi connectivity index (χ0) is 25.1. The summed E-state index contributed by atoms with van der Waals surface area (Å²) in [5, 5.41) is 5.43. The standard InChI is InChI=1S/C21H34N6O6S/c1-12(10-28)24-18(30)14-4-3-9-33-21(27-14)16(11-34)25-19(31)15-5-2-8-32-20(26-15)13(22)6-7-17(23)29/h10,12-16,34H,2-9,11,22H2,1H3,(H2,23,29)(H,24,30)(H,25,31)/t12?,13-,14-,15-,16-/m0/s1. The Labute approximate surface area is 204 Å². The first-order valence-electron chi connectivity index (χ1n) is 11.4. The van der Waals surface area contributed by atoms with E-state index in [9.17, 15) is 19.2 Å². The third-order valence-electron chi connectivity index (χ3n) is 5.31. The van der Waals surface area contributed by atoms with Crippen LogP contribution in [0.15, 0.2) is 9.98 Å². The maximum absolute atomic E-state index is 13.0. The van der Waals surface area contributed by atoms with Crippen LogP contribution >= 0.6 is 12.6 Å². The zero-order valence-electron chi connectivity index (χ0n) is 19.3. The van der Waals surface area contributed by atoms with Gasteiger partial charge in [-0.15, -0.1) is 0 Å². The number of aliphatic imine (C=N–C) groups is 2. The molecule has 0 aliphatic carbocycles. The molecule has 2 aliphatic heterocycles. The molecule has 12 nitrogen and oxygen atoms in total. The molecule has 3 amide bonds. The van der Waals surface area contributed by atoms with E-state index in [0.29, 0.717) is 45.2 Å². The van der Waals surface area contributed by atoms with E-state index >= 15 is 0 Å². The van der Waals surface area contributed by atoms with Crippen molar-refractivity contribution in [1.82, 2.24) is 10.6 Å². The molecule has 190 valence electrons. The number of nitrogens with zero attached hydrogens (tertiary/aromatic N) is 2. The normalized spacial score (nSPS) is 23.3. The van der Waals surface area contributed by atoms with Gasteiger partial charge >= 0.3 is 0 Å². The molecule has 5 atom stereocenters. The molecule has 2 heterocycles. The van der Waals surface area contributed by atoms with Gasteiger partial charge in [0.15, 0.2) is 0 Å². The second-order valence-corrected chi connectivity index (χ2v) is 8.60.